The smallest absolute Gasteiger partial charge is 0.149 e. The van der Waals surface area contributed by atoms with Gasteiger partial charge in [0.1, 0.15) is 5.82 Å². The fraction of sp³-hybridized carbons (Fsp3) is 0.545. The molecule has 1 saturated carbocycles. The highest BCUT2D eigenvalue weighted by atomic mass is 35.5. The summed E-state index contributed by atoms with van der Waals surface area (Å²) in [5.41, 5.74) is 6.48. The van der Waals surface area contributed by atoms with Crippen LogP contribution in [-0.4, -0.2) is 22.5 Å². The second-order valence-electron chi connectivity index (χ2n) is 4.10. The van der Waals surface area contributed by atoms with Crippen LogP contribution in [0.4, 0.5) is 11.5 Å². The Bertz CT molecular complexity index is 372. The van der Waals surface area contributed by atoms with E-state index in [0.29, 0.717) is 16.8 Å². The minimum atomic E-state index is 0.494. The number of halogens is 1. The summed E-state index contributed by atoms with van der Waals surface area (Å²) in [5, 5.41) is 4.74. The fourth-order valence-electron chi connectivity index (χ4n) is 2.05. The number of nitrogens with one attached hydrogen (secondary N) is 1. The summed E-state index contributed by atoms with van der Waals surface area (Å²) in [4.78, 5) is 4.22. The molecular formula is C11H16ClN3S. The van der Waals surface area contributed by atoms with Gasteiger partial charge in [-0.2, -0.15) is 11.8 Å². The second-order valence-corrected chi connectivity index (χ2v) is 5.68. The fourth-order valence-corrected chi connectivity index (χ4v) is 3.02. The van der Waals surface area contributed by atoms with Crippen molar-refractivity contribution in [1.82, 2.24) is 4.98 Å². The van der Waals surface area contributed by atoms with Crippen LogP contribution in [0.15, 0.2) is 12.3 Å². The van der Waals surface area contributed by atoms with Gasteiger partial charge in [0.25, 0.3) is 0 Å². The minimum Gasteiger partial charge on any atom is -0.396 e. The van der Waals surface area contributed by atoms with Crippen LogP contribution in [0.2, 0.25) is 5.02 Å². The Hall–Kier alpha value is -0.610. The predicted molar refractivity (Wildman–Crippen MR) is 72.2 cm³/mol. The number of anilines is 2. The van der Waals surface area contributed by atoms with Crippen LogP contribution in [0.1, 0.15) is 19.3 Å². The Morgan fingerprint density at radius 3 is 3.00 bits per heavy atom. The summed E-state index contributed by atoms with van der Waals surface area (Å²) in [6, 6.07) is 2.23. The Labute approximate surface area is 105 Å². The van der Waals surface area contributed by atoms with Gasteiger partial charge >= 0.3 is 0 Å². The van der Waals surface area contributed by atoms with E-state index in [9.17, 15) is 0 Å². The second kappa shape index (κ2) is 5.15. The molecule has 5 heteroatoms. The average Bonchev–Trinajstić information content (AvgIpc) is 2.70. The van der Waals surface area contributed by atoms with Gasteiger partial charge in [-0.1, -0.05) is 11.6 Å². The van der Waals surface area contributed by atoms with Crippen LogP contribution in [0.5, 0.6) is 0 Å². The van der Waals surface area contributed by atoms with E-state index in [1.807, 2.05) is 11.8 Å². The number of rotatable bonds is 3. The minimum absolute atomic E-state index is 0.494. The van der Waals surface area contributed by atoms with Gasteiger partial charge < -0.3 is 11.1 Å². The molecular weight excluding hydrogens is 242 g/mol. The number of pyridine rings is 1. The van der Waals surface area contributed by atoms with Gasteiger partial charge in [0.05, 0.1) is 10.7 Å². The summed E-state index contributed by atoms with van der Waals surface area (Å²) in [5.74, 6) is 0.760. The molecule has 1 heterocycles. The van der Waals surface area contributed by atoms with Crippen molar-refractivity contribution in [2.45, 2.75) is 30.6 Å². The lowest BCUT2D eigenvalue weighted by atomic mass is 10.2. The van der Waals surface area contributed by atoms with E-state index < -0.39 is 0 Å². The summed E-state index contributed by atoms with van der Waals surface area (Å²) >= 11 is 7.75. The van der Waals surface area contributed by atoms with E-state index in [0.717, 1.165) is 11.1 Å². The third-order valence-corrected chi connectivity index (χ3v) is 4.24. The zero-order chi connectivity index (χ0) is 11.5. The number of thioether (sulfide) groups is 1. The summed E-state index contributed by atoms with van der Waals surface area (Å²) in [6.07, 6.45) is 7.44. The molecule has 88 valence electrons. The van der Waals surface area contributed by atoms with E-state index in [4.69, 9.17) is 17.3 Å². The predicted octanol–water partition coefficient (Wildman–Crippen LogP) is 3.01. The average molecular weight is 258 g/mol. The van der Waals surface area contributed by atoms with Gasteiger partial charge in [-0.05, 0) is 31.6 Å². The zero-order valence-electron chi connectivity index (χ0n) is 9.24. The van der Waals surface area contributed by atoms with Crippen LogP contribution >= 0.6 is 23.4 Å². The number of nitrogen functional groups attached to an aromatic ring is 1. The van der Waals surface area contributed by atoms with Gasteiger partial charge in [-0.15, -0.1) is 0 Å². The first kappa shape index (κ1) is 11.9. The van der Waals surface area contributed by atoms with E-state index in [2.05, 4.69) is 16.6 Å². The standard InChI is InChI=1S/C11H16ClN3S/c1-16-9-3-2-8(5-9)15-11-10(13)4-7(12)6-14-11/h4,6,8-9H,2-3,5,13H2,1H3,(H,14,15). The van der Waals surface area contributed by atoms with Crippen molar-refractivity contribution in [1.29, 1.82) is 0 Å². The van der Waals surface area contributed by atoms with E-state index in [1.165, 1.54) is 19.3 Å². The monoisotopic (exact) mass is 257 g/mol. The van der Waals surface area contributed by atoms with Crippen LogP contribution in [-0.2, 0) is 0 Å². The molecule has 0 radical (unpaired) electrons. The Morgan fingerprint density at radius 1 is 1.56 bits per heavy atom. The molecule has 0 amide bonds. The molecule has 2 unspecified atom stereocenters. The van der Waals surface area contributed by atoms with Gasteiger partial charge in [-0.3, -0.25) is 0 Å². The SMILES string of the molecule is CSC1CCC(Nc2ncc(Cl)cc2N)C1. The third-order valence-electron chi connectivity index (χ3n) is 2.94. The van der Waals surface area contributed by atoms with Crippen molar-refractivity contribution in [2.24, 2.45) is 0 Å². The highest BCUT2D eigenvalue weighted by Gasteiger charge is 2.24. The molecule has 1 fully saturated rings. The molecule has 0 aromatic carbocycles. The van der Waals surface area contributed by atoms with Crippen molar-refractivity contribution < 1.29 is 0 Å². The molecule has 1 aromatic heterocycles. The van der Waals surface area contributed by atoms with Crippen molar-refractivity contribution in [3.63, 3.8) is 0 Å². The van der Waals surface area contributed by atoms with Crippen molar-refractivity contribution >= 4 is 34.9 Å². The topological polar surface area (TPSA) is 50.9 Å². The van der Waals surface area contributed by atoms with E-state index in [-0.39, 0.29) is 0 Å². The molecule has 3 N–H and O–H groups in total. The van der Waals surface area contributed by atoms with Gasteiger partial charge in [0, 0.05) is 17.5 Å². The van der Waals surface area contributed by atoms with Gasteiger partial charge in [0.15, 0.2) is 0 Å². The molecule has 2 rings (SSSR count). The maximum Gasteiger partial charge on any atom is 0.149 e. The first-order valence-corrected chi connectivity index (χ1v) is 7.06. The highest BCUT2D eigenvalue weighted by Crippen LogP contribution is 2.31. The molecule has 0 spiro atoms. The highest BCUT2D eigenvalue weighted by molar-refractivity contribution is 7.99. The molecule has 1 aliphatic carbocycles. The Kier molecular flexibility index (Phi) is 3.82. The Balaban J connectivity index is 1.99. The molecule has 0 aliphatic heterocycles. The van der Waals surface area contributed by atoms with Crippen molar-refractivity contribution in [3.05, 3.63) is 17.3 Å². The third kappa shape index (κ3) is 2.74. The van der Waals surface area contributed by atoms with Crippen LogP contribution in [0.25, 0.3) is 0 Å². The first-order chi connectivity index (χ1) is 7.69. The van der Waals surface area contributed by atoms with E-state index in [1.54, 1.807) is 12.3 Å². The molecule has 3 nitrogen and oxygen atoms in total. The maximum atomic E-state index is 5.85. The van der Waals surface area contributed by atoms with Gasteiger partial charge in [0.2, 0.25) is 0 Å². The lowest BCUT2D eigenvalue weighted by molar-refractivity contribution is 0.753. The number of nitrogens with two attached hydrogens (primary N) is 1. The molecule has 2 atom stereocenters. The van der Waals surface area contributed by atoms with Crippen molar-refractivity contribution in [2.75, 3.05) is 17.3 Å². The summed E-state index contributed by atoms with van der Waals surface area (Å²) in [7, 11) is 0. The lowest BCUT2D eigenvalue weighted by Crippen LogP contribution is -2.17. The maximum absolute atomic E-state index is 5.85. The largest absolute Gasteiger partial charge is 0.396 e. The zero-order valence-corrected chi connectivity index (χ0v) is 10.8. The van der Waals surface area contributed by atoms with Crippen LogP contribution in [0, 0.1) is 0 Å². The number of nitrogens with zero attached hydrogens (tertiary/aromatic N) is 1. The van der Waals surface area contributed by atoms with Crippen LogP contribution in [0.3, 0.4) is 0 Å². The lowest BCUT2D eigenvalue weighted by Gasteiger charge is -2.14. The molecule has 1 aliphatic rings. The van der Waals surface area contributed by atoms with E-state index >= 15 is 0 Å². The number of hydrogen-bond acceptors (Lipinski definition) is 4. The molecule has 1 aromatic rings. The molecule has 0 saturated heterocycles. The van der Waals surface area contributed by atoms with Gasteiger partial charge in [-0.25, -0.2) is 4.98 Å². The Morgan fingerprint density at radius 2 is 2.38 bits per heavy atom. The number of hydrogen-bond donors (Lipinski definition) is 2. The van der Waals surface area contributed by atoms with Crippen LogP contribution < -0.4 is 11.1 Å². The summed E-state index contributed by atoms with van der Waals surface area (Å²) in [6.45, 7) is 0. The first-order valence-electron chi connectivity index (χ1n) is 5.39. The quantitative estimate of drug-likeness (QED) is 0.874. The van der Waals surface area contributed by atoms with Crippen molar-refractivity contribution in [3.8, 4) is 0 Å². The normalized spacial score (nSPS) is 24.6. The number of aromatic nitrogens is 1. The summed E-state index contributed by atoms with van der Waals surface area (Å²) < 4.78 is 0. The molecule has 0 bridgehead atoms. The molecule has 16 heavy (non-hydrogen) atoms.